The maximum atomic E-state index is 4.52. The maximum absolute atomic E-state index is 4.52. The van der Waals surface area contributed by atoms with Crippen LogP contribution in [0.2, 0.25) is 0 Å². The zero-order valence-corrected chi connectivity index (χ0v) is 8.57. The summed E-state index contributed by atoms with van der Waals surface area (Å²) in [5.74, 6) is 0. The van der Waals surface area contributed by atoms with Gasteiger partial charge in [-0.05, 0) is 26.0 Å². The molecule has 0 amide bonds. The van der Waals surface area contributed by atoms with Gasteiger partial charge in [0.25, 0.3) is 0 Å². The third kappa shape index (κ3) is 1.55. The molecule has 0 saturated carbocycles. The number of benzene rings is 1. The molecular formula is C12H14N2. The molecule has 0 atom stereocenters. The first-order chi connectivity index (χ1) is 6.81. The molecule has 1 aromatic rings. The Morgan fingerprint density at radius 3 is 2.93 bits per heavy atom. The van der Waals surface area contributed by atoms with E-state index in [1.165, 1.54) is 5.69 Å². The Balaban J connectivity index is 2.47. The van der Waals surface area contributed by atoms with Crippen LogP contribution in [-0.4, -0.2) is 12.3 Å². The molecule has 0 aliphatic carbocycles. The minimum atomic E-state index is 0.890. The van der Waals surface area contributed by atoms with Crippen LogP contribution in [0.1, 0.15) is 13.8 Å². The zero-order chi connectivity index (χ0) is 9.97. The molecule has 0 bridgehead atoms. The van der Waals surface area contributed by atoms with Crippen molar-refractivity contribution in [3.63, 3.8) is 0 Å². The van der Waals surface area contributed by atoms with Crippen molar-refractivity contribution in [2.24, 2.45) is 4.99 Å². The summed E-state index contributed by atoms with van der Waals surface area (Å²) in [5, 5.41) is 0. The predicted octanol–water partition coefficient (Wildman–Crippen LogP) is 3.13. The number of hydrogen-bond donors (Lipinski definition) is 0. The summed E-state index contributed by atoms with van der Waals surface area (Å²) in [6.45, 7) is 4.98. The van der Waals surface area contributed by atoms with Crippen LogP contribution in [0.15, 0.2) is 41.5 Å². The Morgan fingerprint density at radius 2 is 2.14 bits per heavy atom. The first-order valence-electron chi connectivity index (χ1n) is 4.84. The van der Waals surface area contributed by atoms with Crippen molar-refractivity contribution in [1.82, 2.24) is 0 Å². The van der Waals surface area contributed by atoms with Gasteiger partial charge in [-0.15, -0.1) is 0 Å². The first-order valence-corrected chi connectivity index (χ1v) is 4.84. The largest absolute Gasteiger partial charge is 0.341 e. The highest BCUT2D eigenvalue weighted by Gasteiger charge is 2.13. The van der Waals surface area contributed by atoms with Crippen LogP contribution in [0.25, 0.3) is 0 Å². The molecule has 0 unspecified atom stereocenters. The number of hydrogen-bond acceptors (Lipinski definition) is 2. The fraction of sp³-hybridized carbons (Fsp3) is 0.250. The standard InChI is InChI=1S/C12H14N2/c1-3-8-14-9-10(2)13-11-6-4-5-7-12(11)14/h3-8H,9H2,1-2H3/b8-3-. The van der Waals surface area contributed by atoms with Crippen LogP contribution in [0, 0.1) is 0 Å². The Bertz CT molecular complexity index is 391. The Kier molecular flexibility index (Phi) is 2.35. The molecule has 1 aliphatic rings. The van der Waals surface area contributed by atoms with Gasteiger partial charge < -0.3 is 4.90 Å². The van der Waals surface area contributed by atoms with Crippen LogP contribution in [0.3, 0.4) is 0 Å². The molecule has 1 aliphatic heterocycles. The molecule has 0 radical (unpaired) electrons. The van der Waals surface area contributed by atoms with Crippen LogP contribution < -0.4 is 4.90 Å². The van der Waals surface area contributed by atoms with E-state index in [4.69, 9.17) is 0 Å². The third-order valence-corrected chi connectivity index (χ3v) is 2.23. The van der Waals surface area contributed by atoms with Crippen LogP contribution in [-0.2, 0) is 0 Å². The molecule has 2 nitrogen and oxygen atoms in total. The quantitative estimate of drug-likeness (QED) is 0.658. The predicted molar refractivity (Wildman–Crippen MR) is 61.4 cm³/mol. The van der Waals surface area contributed by atoms with E-state index in [0.717, 1.165) is 17.9 Å². The van der Waals surface area contributed by atoms with Crippen LogP contribution in [0.4, 0.5) is 11.4 Å². The van der Waals surface area contributed by atoms with Gasteiger partial charge in [0.05, 0.1) is 17.9 Å². The minimum absolute atomic E-state index is 0.890. The van der Waals surface area contributed by atoms with Gasteiger partial charge in [0.1, 0.15) is 0 Å². The van der Waals surface area contributed by atoms with E-state index >= 15 is 0 Å². The highest BCUT2D eigenvalue weighted by atomic mass is 15.2. The molecule has 0 spiro atoms. The van der Waals surface area contributed by atoms with Gasteiger partial charge >= 0.3 is 0 Å². The van der Waals surface area contributed by atoms with Gasteiger partial charge in [0.15, 0.2) is 0 Å². The van der Waals surface area contributed by atoms with Crippen molar-refractivity contribution in [1.29, 1.82) is 0 Å². The molecule has 0 saturated heterocycles. The first kappa shape index (κ1) is 9.00. The highest BCUT2D eigenvalue weighted by Crippen LogP contribution is 2.31. The summed E-state index contributed by atoms with van der Waals surface area (Å²) in [4.78, 5) is 6.74. The molecular weight excluding hydrogens is 172 g/mol. The number of aliphatic imine (C=N–C) groups is 1. The summed E-state index contributed by atoms with van der Waals surface area (Å²) in [6.07, 6.45) is 4.15. The van der Waals surface area contributed by atoms with Crippen molar-refractivity contribution in [2.75, 3.05) is 11.4 Å². The smallest absolute Gasteiger partial charge is 0.0866 e. The van der Waals surface area contributed by atoms with E-state index in [-0.39, 0.29) is 0 Å². The highest BCUT2D eigenvalue weighted by molar-refractivity contribution is 5.94. The fourth-order valence-corrected chi connectivity index (χ4v) is 1.69. The Morgan fingerprint density at radius 1 is 1.36 bits per heavy atom. The second-order valence-electron chi connectivity index (χ2n) is 3.45. The minimum Gasteiger partial charge on any atom is -0.341 e. The Labute approximate surface area is 84.6 Å². The number of anilines is 1. The molecule has 2 rings (SSSR count). The van der Waals surface area contributed by atoms with Crippen molar-refractivity contribution < 1.29 is 0 Å². The van der Waals surface area contributed by atoms with E-state index in [1.807, 2.05) is 19.1 Å². The van der Waals surface area contributed by atoms with E-state index in [9.17, 15) is 0 Å². The van der Waals surface area contributed by atoms with E-state index < -0.39 is 0 Å². The number of rotatable bonds is 1. The molecule has 0 fully saturated rings. The fourth-order valence-electron chi connectivity index (χ4n) is 1.69. The van der Waals surface area contributed by atoms with E-state index in [2.05, 4.69) is 41.2 Å². The normalized spacial score (nSPS) is 15.6. The number of nitrogens with zero attached hydrogens (tertiary/aromatic N) is 2. The molecule has 2 heteroatoms. The summed E-state index contributed by atoms with van der Waals surface area (Å²) in [5.41, 5.74) is 3.41. The second-order valence-corrected chi connectivity index (χ2v) is 3.45. The monoisotopic (exact) mass is 186 g/mol. The lowest BCUT2D eigenvalue weighted by Crippen LogP contribution is -2.25. The summed E-state index contributed by atoms with van der Waals surface area (Å²) in [6, 6.07) is 8.22. The molecule has 72 valence electrons. The average molecular weight is 186 g/mol. The van der Waals surface area contributed by atoms with Gasteiger partial charge in [-0.3, -0.25) is 4.99 Å². The third-order valence-electron chi connectivity index (χ3n) is 2.23. The van der Waals surface area contributed by atoms with Crippen molar-refractivity contribution >= 4 is 17.1 Å². The SMILES string of the molecule is C/C=C\N1CC(C)=Nc2ccccc21. The van der Waals surface area contributed by atoms with Crippen LogP contribution >= 0.6 is 0 Å². The zero-order valence-electron chi connectivity index (χ0n) is 8.57. The summed E-state index contributed by atoms with van der Waals surface area (Å²) in [7, 11) is 0. The molecule has 0 N–H and O–H groups in total. The number of fused-ring (bicyclic) bond motifs is 1. The van der Waals surface area contributed by atoms with Gasteiger partial charge in [0, 0.05) is 11.9 Å². The lowest BCUT2D eigenvalue weighted by molar-refractivity contribution is 1.08. The van der Waals surface area contributed by atoms with Gasteiger partial charge in [0.2, 0.25) is 0 Å². The molecule has 0 aromatic heterocycles. The van der Waals surface area contributed by atoms with Crippen molar-refractivity contribution in [3.05, 3.63) is 36.5 Å². The summed E-state index contributed by atoms with van der Waals surface area (Å²) < 4.78 is 0. The Hall–Kier alpha value is -1.57. The van der Waals surface area contributed by atoms with Crippen molar-refractivity contribution in [2.45, 2.75) is 13.8 Å². The topological polar surface area (TPSA) is 15.6 Å². The van der Waals surface area contributed by atoms with Gasteiger partial charge in [-0.1, -0.05) is 18.2 Å². The number of allylic oxidation sites excluding steroid dienone is 1. The molecule has 1 aromatic carbocycles. The second kappa shape index (κ2) is 3.66. The molecule has 1 heterocycles. The van der Waals surface area contributed by atoms with Crippen LogP contribution in [0.5, 0.6) is 0 Å². The van der Waals surface area contributed by atoms with Gasteiger partial charge in [-0.25, -0.2) is 0 Å². The maximum Gasteiger partial charge on any atom is 0.0866 e. The summed E-state index contributed by atoms with van der Waals surface area (Å²) >= 11 is 0. The average Bonchev–Trinajstić information content (AvgIpc) is 2.18. The lowest BCUT2D eigenvalue weighted by Gasteiger charge is -2.26. The van der Waals surface area contributed by atoms with Crippen molar-refractivity contribution in [3.8, 4) is 0 Å². The number of para-hydroxylation sites is 2. The van der Waals surface area contributed by atoms with E-state index in [1.54, 1.807) is 0 Å². The van der Waals surface area contributed by atoms with E-state index in [0.29, 0.717) is 0 Å². The lowest BCUT2D eigenvalue weighted by atomic mass is 10.2. The van der Waals surface area contributed by atoms with Gasteiger partial charge in [-0.2, -0.15) is 0 Å². The molecule has 14 heavy (non-hydrogen) atoms.